The first-order valence-electron chi connectivity index (χ1n) is 7.74. The molecule has 0 aliphatic rings. The number of halogens is 1. The molecule has 2 rings (SSSR count). The second kappa shape index (κ2) is 8.27. The summed E-state index contributed by atoms with van der Waals surface area (Å²) in [4.78, 5) is 23.6. The number of aromatic nitrogens is 1. The third kappa shape index (κ3) is 5.06. The van der Waals surface area contributed by atoms with E-state index < -0.39 is 0 Å². The van der Waals surface area contributed by atoms with Crippen molar-refractivity contribution in [2.45, 2.75) is 26.3 Å². The van der Waals surface area contributed by atoms with Gasteiger partial charge in [0.25, 0.3) is 0 Å². The summed E-state index contributed by atoms with van der Waals surface area (Å²) in [6.07, 6.45) is 2.77. The summed E-state index contributed by atoms with van der Waals surface area (Å²) in [5.41, 5.74) is 0.498. The van der Waals surface area contributed by atoms with E-state index in [0.29, 0.717) is 31.5 Å². The number of aryl methyl sites for hydroxylation is 1. The molecular formula is C18H21FN2O2. The molecule has 1 N–H and O–H groups in total. The molecular weight excluding hydrogens is 295 g/mol. The van der Waals surface area contributed by atoms with Crippen LogP contribution in [0.2, 0.25) is 0 Å². The molecule has 1 atom stereocenters. The molecule has 2 aromatic rings. The van der Waals surface area contributed by atoms with Gasteiger partial charge in [0.15, 0.2) is 0 Å². The van der Waals surface area contributed by atoms with Crippen molar-refractivity contribution in [2.75, 3.05) is 6.54 Å². The summed E-state index contributed by atoms with van der Waals surface area (Å²) in [6, 6.07) is 11.5. The van der Waals surface area contributed by atoms with E-state index >= 15 is 0 Å². The number of carbonyl (C=O) groups is 1. The largest absolute Gasteiger partial charge is 0.356 e. The van der Waals surface area contributed by atoms with Gasteiger partial charge in [-0.1, -0.05) is 31.2 Å². The van der Waals surface area contributed by atoms with Gasteiger partial charge < -0.3 is 9.88 Å². The first-order valence-corrected chi connectivity index (χ1v) is 7.74. The quantitative estimate of drug-likeness (QED) is 0.797. The minimum Gasteiger partial charge on any atom is -0.356 e. The van der Waals surface area contributed by atoms with E-state index in [-0.39, 0.29) is 23.2 Å². The summed E-state index contributed by atoms with van der Waals surface area (Å²) in [5.74, 6) is -0.685. The average Bonchev–Trinajstić information content (AvgIpc) is 2.55. The summed E-state index contributed by atoms with van der Waals surface area (Å²) >= 11 is 0. The Morgan fingerprint density at radius 2 is 1.96 bits per heavy atom. The first kappa shape index (κ1) is 16.9. The normalized spacial score (nSPS) is 11.9. The van der Waals surface area contributed by atoms with Crippen LogP contribution >= 0.6 is 0 Å². The van der Waals surface area contributed by atoms with Crippen molar-refractivity contribution in [3.8, 4) is 0 Å². The van der Waals surface area contributed by atoms with Gasteiger partial charge in [-0.25, -0.2) is 4.39 Å². The molecule has 0 aliphatic heterocycles. The van der Waals surface area contributed by atoms with Crippen LogP contribution < -0.4 is 10.9 Å². The molecule has 0 saturated heterocycles. The van der Waals surface area contributed by atoms with E-state index in [1.807, 2.05) is 0 Å². The number of nitrogens with one attached hydrogen (secondary N) is 1. The molecule has 4 nitrogen and oxygen atoms in total. The van der Waals surface area contributed by atoms with E-state index in [9.17, 15) is 14.0 Å². The lowest BCUT2D eigenvalue weighted by molar-refractivity contribution is -0.124. The SMILES string of the molecule is CC(Cc1ccccc1F)C(=O)NCCCn1ccccc1=O. The van der Waals surface area contributed by atoms with Gasteiger partial charge >= 0.3 is 0 Å². The number of hydrogen-bond acceptors (Lipinski definition) is 2. The molecule has 0 aliphatic carbocycles. The van der Waals surface area contributed by atoms with E-state index in [1.165, 1.54) is 12.1 Å². The van der Waals surface area contributed by atoms with Crippen molar-refractivity contribution in [3.63, 3.8) is 0 Å². The van der Waals surface area contributed by atoms with Crippen LogP contribution in [0.1, 0.15) is 18.9 Å². The van der Waals surface area contributed by atoms with Gasteiger partial charge in [-0.2, -0.15) is 0 Å². The number of hydrogen-bond donors (Lipinski definition) is 1. The Bertz CT molecular complexity index is 712. The minimum atomic E-state index is -0.300. The van der Waals surface area contributed by atoms with Crippen LogP contribution in [0.3, 0.4) is 0 Å². The number of pyridine rings is 1. The van der Waals surface area contributed by atoms with Crippen LogP contribution in [0, 0.1) is 11.7 Å². The molecule has 1 heterocycles. The van der Waals surface area contributed by atoms with E-state index in [0.717, 1.165) is 0 Å². The highest BCUT2D eigenvalue weighted by Gasteiger charge is 2.14. The van der Waals surface area contributed by atoms with E-state index in [4.69, 9.17) is 0 Å². The van der Waals surface area contributed by atoms with Crippen LogP contribution in [-0.2, 0) is 17.8 Å². The van der Waals surface area contributed by atoms with Gasteiger partial charge in [-0.15, -0.1) is 0 Å². The molecule has 0 bridgehead atoms. The maximum absolute atomic E-state index is 13.6. The molecule has 5 heteroatoms. The number of rotatable bonds is 7. The van der Waals surface area contributed by atoms with Crippen molar-refractivity contribution in [1.82, 2.24) is 9.88 Å². The fraction of sp³-hybridized carbons (Fsp3) is 0.333. The van der Waals surface area contributed by atoms with E-state index in [2.05, 4.69) is 5.32 Å². The smallest absolute Gasteiger partial charge is 0.250 e. The molecule has 1 unspecified atom stereocenters. The number of amides is 1. The number of nitrogens with zero attached hydrogens (tertiary/aromatic N) is 1. The zero-order valence-corrected chi connectivity index (χ0v) is 13.2. The first-order chi connectivity index (χ1) is 11.1. The van der Waals surface area contributed by atoms with Crippen LogP contribution in [0.5, 0.6) is 0 Å². The van der Waals surface area contributed by atoms with Crippen molar-refractivity contribution >= 4 is 5.91 Å². The van der Waals surface area contributed by atoms with Gasteiger partial charge in [0.05, 0.1) is 0 Å². The maximum Gasteiger partial charge on any atom is 0.250 e. The van der Waals surface area contributed by atoms with Crippen molar-refractivity contribution in [3.05, 3.63) is 70.4 Å². The highest BCUT2D eigenvalue weighted by atomic mass is 19.1. The standard InChI is InChI=1S/C18H21FN2O2/c1-14(13-15-7-2-3-8-16(15)19)18(23)20-10-6-12-21-11-5-4-9-17(21)22/h2-5,7-9,11,14H,6,10,12-13H2,1H3,(H,20,23). The lowest BCUT2D eigenvalue weighted by Crippen LogP contribution is -2.32. The molecule has 1 aromatic carbocycles. The van der Waals surface area contributed by atoms with Gasteiger partial charge in [0.1, 0.15) is 5.82 Å². The summed E-state index contributed by atoms with van der Waals surface area (Å²) in [6.45, 7) is 2.83. The van der Waals surface area contributed by atoms with E-state index in [1.54, 1.807) is 48.0 Å². The molecule has 122 valence electrons. The molecule has 0 spiro atoms. The van der Waals surface area contributed by atoms with Crippen LogP contribution in [0.15, 0.2) is 53.5 Å². The predicted octanol–water partition coefficient (Wildman–Crippen LogP) is 2.37. The number of carbonyl (C=O) groups excluding carboxylic acids is 1. The second-order valence-electron chi connectivity index (χ2n) is 5.57. The zero-order chi connectivity index (χ0) is 16.7. The van der Waals surface area contributed by atoms with Crippen LogP contribution in [-0.4, -0.2) is 17.0 Å². The summed E-state index contributed by atoms with van der Waals surface area (Å²) in [7, 11) is 0. The molecule has 0 fully saturated rings. The average molecular weight is 316 g/mol. The molecule has 0 radical (unpaired) electrons. The van der Waals surface area contributed by atoms with Gasteiger partial charge in [0, 0.05) is 31.3 Å². The highest BCUT2D eigenvalue weighted by molar-refractivity contribution is 5.78. The van der Waals surface area contributed by atoms with Gasteiger partial charge in [0.2, 0.25) is 11.5 Å². The molecule has 23 heavy (non-hydrogen) atoms. The third-order valence-corrected chi connectivity index (χ3v) is 3.71. The zero-order valence-electron chi connectivity index (χ0n) is 13.2. The van der Waals surface area contributed by atoms with Crippen LogP contribution in [0.4, 0.5) is 4.39 Å². The van der Waals surface area contributed by atoms with Crippen molar-refractivity contribution in [2.24, 2.45) is 5.92 Å². The second-order valence-corrected chi connectivity index (χ2v) is 5.57. The Labute approximate surface area is 135 Å². The fourth-order valence-corrected chi connectivity index (χ4v) is 2.37. The molecule has 1 amide bonds. The number of benzene rings is 1. The lowest BCUT2D eigenvalue weighted by Gasteiger charge is -2.13. The molecule has 0 saturated carbocycles. The monoisotopic (exact) mass is 316 g/mol. The molecule has 1 aromatic heterocycles. The fourth-order valence-electron chi connectivity index (χ4n) is 2.37. The Hall–Kier alpha value is -2.43. The minimum absolute atomic E-state index is 0.0493. The van der Waals surface area contributed by atoms with Gasteiger partial charge in [-0.05, 0) is 30.5 Å². The Morgan fingerprint density at radius 1 is 1.22 bits per heavy atom. The summed E-state index contributed by atoms with van der Waals surface area (Å²) in [5, 5.41) is 2.84. The Morgan fingerprint density at radius 3 is 2.70 bits per heavy atom. The van der Waals surface area contributed by atoms with Crippen LogP contribution in [0.25, 0.3) is 0 Å². The third-order valence-electron chi connectivity index (χ3n) is 3.71. The maximum atomic E-state index is 13.6. The van der Waals surface area contributed by atoms with Crippen molar-refractivity contribution < 1.29 is 9.18 Å². The van der Waals surface area contributed by atoms with Crippen molar-refractivity contribution in [1.29, 1.82) is 0 Å². The summed E-state index contributed by atoms with van der Waals surface area (Å²) < 4.78 is 15.2. The topological polar surface area (TPSA) is 51.1 Å². The van der Waals surface area contributed by atoms with Gasteiger partial charge in [-0.3, -0.25) is 9.59 Å². The Balaban J connectivity index is 1.75. The highest BCUT2D eigenvalue weighted by Crippen LogP contribution is 2.12. The predicted molar refractivity (Wildman–Crippen MR) is 87.6 cm³/mol. The Kier molecular flexibility index (Phi) is 6.09. The lowest BCUT2D eigenvalue weighted by atomic mass is 10.00.